The fourth-order valence-electron chi connectivity index (χ4n) is 2.88. The van der Waals surface area contributed by atoms with E-state index < -0.39 is 0 Å². The van der Waals surface area contributed by atoms with Crippen LogP contribution < -0.4 is 5.32 Å². The van der Waals surface area contributed by atoms with Crippen LogP contribution in [-0.4, -0.2) is 44.4 Å². The molecule has 3 aromatic heterocycles. The first-order chi connectivity index (χ1) is 11.3. The number of anilines is 1. The van der Waals surface area contributed by atoms with Gasteiger partial charge in [-0.3, -0.25) is 15.1 Å². The summed E-state index contributed by atoms with van der Waals surface area (Å²) in [5.41, 5.74) is 2.70. The van der Waals surface area contributed by atoms with Crippen LogP contribution in [0.2, 0.25) is 0 Å². The maximum atomic E-state index is 5.66. The predicted molar refractivity (Wildman–Crippen MR) is 86.3 cm³/mol. The molecule has 4 rings (SSSR count). The zero-order valence-corrected chi connectivity index (χ0v) is 12.9. The van der Waals surface area contributed by atoms with Crippen molar-refractivity contribution in [3.05, 3.63) is 42.2 Å². The summed E-state index contributed by atoms with van der Waals surface area (Å²) in [6, 6.07) is 5.91. The highest BCUT2D eigenvalue weighted by Crippen LogP contribution is 2.28. The summed E-state index contributed by atoms with van der Waals surface area (Å²) in [4.78, 5) is 13.3. The summed E-state index contributed by atoms with van der Waals surface area (Å²) in [6.45, 7) is 3.30. The Morgan fingerprint density at radius 2 is 2.22 bits per heavy atom. The van der Waals surface area contributed by atoms with Crippen LogP contribution in [-0.2, 0) is 11.2 Å². The number of ether oxygens (including phenoxy) is 1. The van der Waals surface area contributed by atoms with Gasteiger partial charge < -0.3 is 10.1 Å². The summed E-state index contributed by atoms with van der Waals surface area (Å²) in [5.74, 6) is 1.84. The van der Waals surface area contributed by atoms with Crippen LogP contribution in [0.1, 0.15) is 24.5 Å². The second-order valence-electron chi connectivity index (χ2n) is 5.62. The average Bonchev–Trinajstić information content (AvgIpc) is 3.24. The minimum absolute atomic E-state index is 0.114. The monoisotopic (exact) mass is 310 g/mol. The van der Waals surface area contributed by atoms with Gasteiger partial charge in [-0.25, -0.2) is 4.98 Å². The minimum Gasteiger partial charge on any atom is -0.378 e. The third-order valence-corrected chi connectivity index (χ3v) is 4.13. The third-order valence-electron chi connectivity index (χ3n) is 4.13. The quantitative estimate of drug-likeness (QED) is 0.765. The molecule has 7 heteroatoms. The number of pyridine rings is 2. The van der Waals surface area contributed by atoms with E-state index in [1.165, 1.54) is 0 Å². The molecule has 23 heavy (non-hydrogen) atoms. The van der Waals surface area contributed by atoms with E-state index in [0.29, 0.717) is 13.2 Å². The van der Waals surface area contributed by atoms with Gasteiger partial charge in [0.05, 0.1) is 36.4 Å². The normalized spacial score (nSPS) is 20.9. The zero-order valence-electron chi connectivity index (χ0n) is 12.9. The first-order valence-electron chi connectivity index (χ1n) is 7.80. The molecule has 1 aliphatic heterocycles. The number of nitrogens with one attached hydrogen (secondary N) is 2. The van der Waals surface area contributed by atoms with Gasteiger partial charge in [-0.15, -0.1) is 0 Å². The summed E-state index contributed by atoms with van der Waals surface area (Å²) in [5, 5.41) is 10.9. The van der Waals surface area contributed by atoms with Crippen molar-refractivity contribution in [2.75, 3.05) is 18.5 Å². The summed E-state index contributed by atoms with van der Waals surface area (Å²) in [6.07, 6.45) is 4.41. The van der Waals surface area contributed by atoms with E-state index in [-0.39, 0.29) is 12.0 Å². The fourth-order valence-corrected chi connectivity index (χ4v) is 2.88. The second-order valence-corrected chi connectivity index (χ2v) is 5.62. The molecule has 2 N–H and O–H groups in total. The lowest BCUT2D eigenvalue weighted by Gasteiger charge is -2.18. The Hall–Kier alpha value is -2.54. The first-order valence-corrected chi connectivity index (χ1v) is 7.80. The summed E-state index contributed by atoms with van der Waals surface area (Å²) in [7, 11) is 0. The van der Waals surface area contributed by atoms with Gasteiger partial charge in [0, 0.05) is 18.8 Å². The van der Waals surface area contributed by atoms with Crippen LogP contribution in [0.3, 0.4) is 0 Å². The molecule has 1 aliphatic rings. The molecule has 2 atom stereocenters. The Bertz CT molecular complexity index is 812. The highest BCUT2D eigenvalue weighted by atomic mass is 16.5. The van der Waals surface area contributed by atoms with Crippen molar-refractivity contribution in [3.8, 4) is 0 Å². The molecule has 0 amide bonds. The van der Waals surface area contributed by atoms with Crippen LogP contribution in [0.4, 0.5) is 5.69 Å². The van der Waals surface area contributed by atoms with Crippen molar-refractivity contribution in [3.63, 3.8) is 0 Å². The number of aromatic amines is 1. The van der Waals surface area contributed by atoms with E-state index in [0.717, 1.165) is 34.8 Å². The van der Waals surface area contributed by atoms with Gasteiger partial charge in [0.15, 0.2) is 5.82 Å². The average molecular weight is 310 g/mol. The summed E-state index contributed by atoms with van der Waals surface area (Å²) >= 11 is 0. The van der Waals surface area contributed by atoms with Gasteiger partial charge in [0.1, 0.15) is 11.3 Å². The molecule has 0 aromatic carbocycles. The van der Waals surface area contributed by atoms with Crippen molar-refractivity contribution in [1.82, 2.24) is 25.1 Å². The van der Waals surface area contributed by atoms with Crippen molar-refractivity contribution in [2.24, 2.45) is 0 Å². The highest BCUT2D eigenvalue weighted by Gasteiger charge is 2.33. The number of hydrogen-bond donors (Lipinski definition) is 2. The maximum absolute atomic E-state index is 5.66. The van der Waals surface area contributed by atoms with Gasteiger partial charge in [0.2, 0.25) is 0 Å². The number of H-pyrrole nitrogens is 1. The molecule has 0 bridgehead atoms. The fraction of sp³-hybridized carbons (Fsp3) is 0.375. The Morgan fingerprint density at radius 1 is 1.26 bits per heavy atom. The van der Waals surface area contributed by atoms with E-state index in [9.17, 15) is 0 Å². The van der Waals surface area contributed by atoms with Crippen LogP contribution in [0.15, 0.2) is 30.6 Å². The maximum Gasteiger partial charge on any atom is 0.158 e. The minimum atomic E-state index is 0.114. The van der Waals surface area contributed by atoms with Crippen molar-refractivity contribution in [2.45, 2.75) is 25.3 Å². The molecule has 118 valence electrons. The molecule has 0 aliphatic carbocycles. The summed E-state index contributed by atoms with van der Waals surface area (Å²) < 4.78 is 5.66. The number of rotatable bonds is 4. The first kappa shape index (κ1) is 14.1. The number of fused-ring (bicyclic) bond motifs is 1. The molecular weight excluding hydrogens is 292 g/mol. The third kappa shape index (κ3) is 2.63. The molecule has 0 saturated carbocycles. The molecule has 0 spiro atoms. The standard InChI is InChI=1S/C16H18N6O/c1-2-14-20-16(22-21-14)10-8-23-9-13(10)19-12-5-7-17-11-4-3-6-18-15(11)12/h3-7,10,13H,2,8-9H2,1H3,(H,17,19)(H,20,21,22)/t10-,13+/m1/s1. The topological polar surface area (TPSA) is 88.6 Å². The van der Waals surface area contributed by atoms with Crippen molar-refractivity contribution < 1.29 is 4.74 Å². The largest absolute Gasteiger partial charge is 0.378 e. The SMILES string of the molecule is CCc1nc([C@@H]2COC[C@@H]2Nc2ccnc3cccnc23)n[nH]1. The lowest BCUT2D eigenvalue weighted by molar-refractivity contribution is 0.191. The zero-order chi connectivity index (χ0) is 15.6. The van der Waals surface area contributed by atoms with E-state index in [1.807, 2.05) is 18.2 Å². The van der Waals surface area contributed by atoms with Crippen molar-refractivity contribution >= 4 is 16.7 Å². The van der Waals surface area contributed by atoms with Gasteiger partial charge in [0.25, 0.3) is 0 Å². The molecular formula is C16H18N6O. The predicted octanol–water partition coefficient (Wildman–Crippen LogP) is 1.90. The molecule has 4 heterocycles. The van der Waals surface area contributed by atoms with Gasteiger partial charge in [-0.2, -0.15) is 5.10 Å². The lowest BCUT2D eigenvalue weighted by atomic mass is 10.0. The molecule has 0 radical (unpaired) electrons. The van der Waals surface area contributed by atoms with E-state index in [1.54, 1.807) is 12.4 Å². The molecule has 1 saturated heterocycles. The molecule has 7 nitrogen and oxygen atoms in total. The smallest absolute Gasteiger partial charge is 0.158 e. The second kappa shape index (κ2) is 5.92. The van der Waals surface area contributed by atoms with E-state index >= 15 is 0 Å². The Labute approximate surface area is 133 Å². The van der Waals surface area contributed by atoms with Crippen LogP contribution in [0, 0.1) is 0 Å². The van der Waals surface area contributed by atoms with Crippen LogP contribution in [0.25, 0.3) is 11.0 Å². The van der Waals surface area contributed by atoms with Crippen molar-refractivity contribution in [1.29, 1.82) is 0 Å². The van der Waals surface area contributed by atoms with Crippen LogP contribution >= 0.6 is 0 Å². The van der Waals surface area contributed by atoms with Gasteiger partial charge in [-0.1, -0.05) is 6.92 Å². The molecule has 0 unspecified atom stereocenters. The Balaban J connectivity index is 1.61. The molecule has 3 aromatic rings. The number of aromatic nitrogens is 5. The Morgan fingerprint density at radius 3 is 3.09 bits per heavy atom. The van der Waals surface area contributed by atoms with Gasteiger partial charge in [-0.05, 0) is 18.2 Å². The van der Waals surface area contributed by atoms with E-state index in [4.69, 9.17) is 4.74 Å². The number of nitrogens with zero attached hydrogens (tertiary/aromatic N) is 4. The van der Waals surface area contributed by atoms with Gasteiger partial charge >= 0.3 is 0 Å². The highest BCUT2D eigenvalue weighted by molar-refractivity contribution is 5.87. The van der Waals surface area contributed by atoms with Crippen LogP contribution in [0.5, 0.6) is 0 Å². The number of aryl methyl sites for hydroxylation is 1. The van der Waals surface area contributed by atoms with E-state index in [2.05, 4.69) is 37.4 Å². The molecule has 1 fully saturated rings. The Kier molecular flexibility index (Phi) is 3.63. The lowest BCUT2D eigenvalue weighted by Crippen LogP contribution is -2.27. The number of hydrogen-bond acceptors (Lipinski definition) is 6.